The Morgan fingerprint density at radius 2 is 1.69 bits per heavy atom. The van der Waals surface area contributed by atoms with Crippen LogP contribution in [0.4, 0.5) is 0 Å². The zero-order chi connectivity index (χ0) is 23.3. The Hall–Kier alpha value is -0.470. The lowest BCUT2D eigenvalue weighted by atomic mass is 9.85. The molecule has 6 heterocycles. The van der Waals surface area contributed by atoms with Gasteiger partial charge in [0.15, 0.2) is 12.6 Å². The molecule has 32 heavy (non-hydrogen) atoms. The summed E-state index contributed by atoms with van der Waals surface area (Å²) in [6.07, 6.45) is -7.37. The van der Waals surface area contributed by atoms with E-state index in [1.807, 2.05) is 7.05 Å². The van der Waals surface area contributed by atoms with Gasteiger partial charge >= 0.3 is 0 Å². The van der Waals surface area contributed by atoms with Gasteiger partial charge in [-0.1, -0.05) is 13.0 Å². The summed E-state index contributed by atoms with van der Waals surface area (Å²) in [6.45, 7) is 3.70. The second-order valence-corrected chi connectivity index (χ2v) is 9.69. The molecule has 6 N–H and O–H groups in total. The van der Waals surface area contributed by atoms with Gasteiger partial charge in [0.25, 0.3) is 0 Å². The quantitative estimate of drug-likeness (QED) is 0.248. The van der Waals surface area contributed by atoms with Gasteiger partial charge in [-0.2, -0.15) is 11.8 Å². The van der Waals surface area contributed by atoms with Crippen molar-refractivity contribution in [1.82, 2.24) is 5.32 Å². The minimum atomic E-state index is -1.43. The van der Waals surface area contributed by atoms with E-state index in [0.717, 1.165) is 17.9 Å². The Labute approximate surface area is 192 Å². The van der Waals surface area contributed by atoms with E-state index in [0.29, 0.717) is 25.0 Å². The highest BCUT2D eigenvalue weighted by Gasteiger charge is 2.51. The van der Waals surface area contributed by atoms with Gasteiger partial charge in [0, 0.05) is 31.0 Å². The SMILES string of the molecule is C=C(CCSCC1O[C@@H]2OC3C(CO)O[C@H](OCCCCC1[C@H](O)C2O)C(O)[C@H]3O)NC. The van der Waals surface area contributed by atoms with Gasteiger partial charge in [0.05, 0.1) is 18.8 Å². The molecule has 0 aromatic heterocycles. The summed E-state index contributed by atoms with van der Waals surface area (Å²) in [5.74, 6) is 1.12. The highest BCUT2D eigenvalue weighted by molar-refractivity contribution is 7.99. The molecule has 0 saturated carbocycles. The number of thioether (sulfide) groups is 1. The predicted octanol–water partition coefficient (Wildman–Crippen LogP) is -1.07. The third-order valence-electron chi connectivity index (χ3n) is 6.36. The molecule has 6 rings (SSSR count). The molecule has 6 unspecified atom stereocenters. The molecule has 0 aromatic rings. The minimum absolute atomic E-state index is 0.276. The first-order valence-electron chi connectivity index (χ1n) is 11.2. The third-order valence-corrected chi connectivity index (χ3v) is 7.42. The number of hydrogen-bond donors (Lipinski definition) is 6. The van der Waals surface area contributed by atoms with E-state index in [-0.39, 0.29) is 18.6 Å². The van der Waals surface area contributed by atoms with Gasteiger partial charge in [-0.3, -0.25) is 0 Å². The molecule has 6 saturated heterocycles. The van der Waals surface area contributed by atoms with Crippen molar-refractivity contribution in [2.45, 2.75) is 81.0 Å². The van der Waals surface area contributed by atoms with E-state index in [4.69, 9.17) is 18.9 Å². The predicted molar refractivity (Wildman–Crippen MR) is 117 cm³/mol. The summed E-state index contributed by atoms with van der Waals surface area (Å²) in [7, 11) is 1.83. The number of aliphatic hydroxyl groups excluding tert-OH is 5. The maximum atomic E-state index is 10.9. The zero-order valence-corrected chi connectivity index (χ0v) is 19.2. The van der Waals surface area contributed by atoms with Crippen LogP contribution in [0.2, 0.25) is 0 Å². The van der Waals surface area contributed by atoms with Crippen LogP contribution in [-0.2, 0) is 18.9 Å². The molecule has 4 bridgehead atoms. The van der Waals surface area contributed by atoms with Crippen LogP contribution in [0.1, 0.15) is 25.7 Å². The Morgan fingerprint density at radius 1 is 0.969 bits per heavy atom. The standard InChI is InChI=1S/C21H37NO9S/c1-11(22-2)6-8-32-10-14-12-5-3-4-7-28-20-18(27)16(25)19(13(9-23)29-20)31-21(30-14)17(26)15(12)24/h12-27H,1,3-10H2,2H3/t12?,13?,14?,15-,16+,17?,18?,19?,20-,21+/m0/s1. The van der Waals surface area contributed by atoms with Crippen molar-refractivity contribution in [3.63, 3.8) is 0 Å². The topological polar surface area (TPSA) is 150 Å². The summed E-state index contributed by atoms with van der Waals surface area (Å²) < 4.78 is 23.1. The molecule has 11 heteroatoms. The summed E-state index contributed by atoms with van der Waals surface area (Å²) in [6, 6.07) is 0. The third kappa shape index (κ3) is 6.15. The molecule has 6 aliphatic rings. The van der Waals surface area contributed by atoms with Crippen LogP contribution >= 0.6 is 11.8 Å². The number of hydrogen-bond acceptors (Lipinski definition) is 11. The van der Waals surface area contributed by atoms with E-state index in [1.54, 1.807) is 11.8 Å². The van der Waals surface area contributed by atoms with Crippen molar-refractivity contribution >= 4 is 11.8 Å². The van der Waals surface area contributed by atoms with Crippen LogP contribution in [0.15, 0.2) is 12.3 Å². The number of allylic oxidation sites excluding steroid dienone is 1. The average Bonchev–Trinajstić information content (AvgIpc) is 2.79. The van der Waals surface area contributed by atoms with E-state index >= 15 is 0 Å². The van der Waals surface area contributed by atoms with Crippen LogP contribution in [0.5, 0.6) is 0 Å². The summed E-state index contributed by atoms with van der Waals surface area (Å²) in [5.41, 5.74) is 0.933. The fourth-order valence-corrected chi connectivity index (χ4v) is 5.45. The van der Waals surface area contributed by atoms with Crippen molar-refractivity contribution in [3.8, 4) is 0 Å². The van der Waals surface area contributed by atoms with Crippen LogP contribution < -0.4 is 5.32 Å². The smallest absolute Gasteiger partial charge is 0.186 e. The second-order valence-electron chi connectivity index (χ2n) is 8.54. The number of nitrogens with one attached hydrogen (secondary N) is 1. The molecule has 0 aromatic carbocycles. The molecule has 0 amide bonds. The Morgan fingerprint density at radius 3 is 2.41 bits per heavy atom. The molecular formula is C21H37NO9S. The first-order chi connectivity index (χ1) is 15.4. The number of aliphatic hydroxyl groups is 5. The molecule has 0 aliphatic carbocycles. The lowest BCUT2D eigenvalue weighted by Gasteiger charge is -2.47. The monoisotopic (exact) mass is 479 g/mol. The van der Waals surface area contributed by atoms with Crippen molar-refractivity contribution in [2.24, 2.45) is 5.92 Å². The van der Waals surface area contributed by atoms with E-state index in [1.165, 1.54) is 0 Å². The van der Waals surface area contributed by atoms with Crippen LogP contribution in [-0.4, -0.2) is 113 Å². The van der Waals surface area contributed by atoms with Crippen molar-refractivity contribution in [3.05, 3.63) is 12.3 Å². The lowest BCUT2D eigenvalue weighted by molar-refractivity contribution is -0.354. The highest BCUT2D eigenvalue weighted by atomic mass is 32.2. The highest BCUT2D eigenvalue weighted by Crippen LogP contribution is 2.35. The van der Waals surface area contributed by atoms with Gasteiger partial charge in [0.2, 0.25) is 0 Å². The maximum Gasteiger partial charge on any atom is 0.186 e. The lowest BCUT2D eigenvalue weighted by Crippen LogP contribution is -2.63. The minimum Gasteiger partial charge on any atom is -0.394 e. The van der Waals surface area contributed by atoms with Crippen molar-refractivity contribution < 1.29 is 44.5 Å². The van der Waals surface area contributed by atoms with E-state index < -0.39 is 55.8 Å². The van der Waals surface area contributed by atoms with E-state index in [2.05, 4.69) is 11.9 Å². The largest absolute Gasteiger partial charge is 0.394 e. The van der Waals surface area contributed by atoms with Crippen LogP contribution in [0, 0.1) is 5.92 Å². The van der Waals surface area contributed by atoms with E-state index in [9.17, 15) is 25.5 Å². The molecule has 186 valence electrons. The summed E-state index contributed by atoms with van der Waals surface area (Å²) in [4.78, 5) is 0. The molecular weight excluding hydrogens is 442 g/mol. The first-order valence-corrected chi connectivity index (χ1v) is 12.4. The molecule has 10 nitrogen and oxygen atoms in total. The molecule has 10 atom stereocenters. The molecule has 6 aliphatic heterocycles. The first kappa shape index (κ1) is 26.1. The van der Waals surface area contributed by atoms with Gasteiger partial charge in [0.1, 0.15) is 30.5 Å². The van der Waals surface area contributed by atoms with Gasteiger partial charge in [-0.25, -0.2) is 0 Å². The fraction of sp³-hybridized carbons (Fsp3) is 0.905. The number of rotatable bonds is 7. The molecule has 0 spiro atoms. The van der Waals surface area contributed by atoms with Crippen LogP contribution in [0.3, 0.4) is 0 Å². The zero-order valence-electron chi connectivity index (χ0n) is 18.4. The second kappa shape index (κ2) is 12.3. The normalized spacial score (nSPS) is 43.1. The summed E-state index contributed by atoms with van der Waals surface area (Å²) >= 11 is 1.66. The van der Waals surface area contributed by atoms with Crippen LogP contribution in [0.25, 0.3) is 0 Å². The Bertz CT molecular complexity index is 598. The van der Waals surface area contributed by atoms with Gasteiger partial charge in [-0.15, -0.1) is 0 Å². The van der Waals surface area contributed by atoms with Gasteiger partial charge < -0.3 is 49.8 Å². The Balaban J connectivity index is 1.76. The molecule has 6 fully saturated rings. The molecule has 0 radical (unpaired) electrons. The number of ether oxygens (including phenoxy) is 4. The Kier molecular flexibility index (Phi) is 10.0. The van der Waals surface area contributed by atoms with Crippen molar-refractivity contribution in [2.75, 3.05) is 31.8 Å². The van der Waals surface area contributed by atoms with Gasteiger partial charge in [-0.05, 0) is 25.0 Å². The van der Waals surface area contributed by atoms with Crippen molar-refractivity contribution in [1.29, 1.82) is 0 Å². The summed E-state index contributed by atoms with van der Waals surface area (Å²) in [5, 5.41) is 55.4. The average molecular weight is 480 g/mol. The maximum absolute atomic E-state index is 10.9. The fourth-order valence-electron chi connectivity index (χ4n) is 4.33.